The zero-order chi connectivity index (χ0) is 13.5. The van der Waals surface area contributed by atoms with Crippen molar-refractivity contribution in [2.45, 2.75) is 45.9 Å². The Morgan fingerprint density at radius 2 is 2.06 bits per heavy atom. The summed E-state index contributed by atoms with van der Waals surface area (Å²) in [6.45, 7) is 7.13. The summed E-state index contributed by atoms with van der Waals surface area (Å²) in [4.78, 5) is 0. The molecule has 0 aliphatic rings. The molecule has 0 amide bonds. The zero-order valence-corrected chi connectivity index (χ0v) is 12.0. The van der Waals surface area contributed by atoms with Crippen LogP contribution in [0.25, 0.3) is 0 Å². The maximum Gasteiger partial charge on any atom is 0.142 e. The van der Waals surface area contributed by atoms with Crippen molar-refractivity contribution in [3.8, 4) is 5.75 Å². The van der Waals surface area contributed by atoms with Crippen molar-refractivity contribution in [2.24, 2.45) is 0 Å². The molecule has 1 atom stereocenters. The minimum absolute atomic E-state index is 0.357. The van der Waals surface area contributed by atoms with Crippen LogP contribution in [0, 0.1) is 0 Å². The Balaban J connectivity index is 2.67. The standard InChI is InChI=1S/C14H22ClNO2/c1-10(2)16-9-12-5-4-6-13(15)14(12)18-8-7-11(3)17/h4-6,10-11,16-17H,7-9H2,1-3H3. The number of rotatable bonds is 7. The van der Waals surface area contributed by atoms with E-state index in [1.54, 1.807) is 6.92 Å². The number of hydrogen-bond donors (Lipinski definition) is 2. The van der Waals surface area contributed by atoms with Crippen LogP contribution in [0.4, 0.5) is 0 Å². The van der Waals surface area contributed by atoms with Gasteiger partial charge in [-0.3, -0.25) is 0 Å². The van der Waals surface area contributed by atoms with Crippen LogP contribution >= 0.6 is 11.6 Å². The normalized spacial score (nSPS) is 12.8. The van der Waals surface area contributed by atoms with E-state index in [2.05, 4.69) is 19.2 Å². The summed E-state index contributed by atoms with van der Waals surface area (Å²) in [7, 11) is 0. The third-order valence-electron chi connectivity index (χ3n) is 2.53. The summed E-state index contributed by atoms with van der Waals surface area (Å²) >= 11 is 6.14. The fourth-order valence-electron chi connectivity index (χ4n) is 1.50. The molecule has 18 heavy (non-hydrogen) atoms. The van der Waals surface area contributed by atoms with Crippen molar-refractivity contribution in [3.63, 3.8) is 0 Å². The monoisotopic (exact) mass is 271 g/mol. The molecular formula is C14H22ClNO2. The first kappa shape index (κ1) is 15.3. The molecule has 1 aromatic rings. The quantitative estimate of drug-likeness (QED) is 0.801. The second-order valence-corrected chi connectivity index (χ2v) is 5.16. The van der Waals surface area contributed by atoms with Gasteiger partial charge in [0, 0.05) is 24.6 Å². The van der Waals surface area contributed by atoms with Crippen molar-refractivity contribution < 1.29 is 9.84 Å². The highest BCUT2D eigenvalue weighted by molar-refractivity contribution is 6.32. The Kier molecular flexibility index (Phi) is 6.47. The van der Waals surface area contributed by atoms with Crippen molar-refractivity contribution >= 4 is 11.6 Å². The van der Waals surface area contributed by atoms with Crippen molar-refractivity contribution in [2.75, 3.05) is 6.61 Å². The lowest BCUT2D eigenvalue weighted by molar-refractivity contribution is 0.155. The van der Waals surface area contributed by atoms with Gasteiger partial charge in [-0.15, -0.1) is 0 Å². The molecule has 0 aromatic heterocycles. The summed E-state index contributed by atoms with van der Waals surface area (Å²) in [5, 5.41) is 13.2. The first-order valence-corrected chi connectivity index (χ1v) is 6.70. The van der Waals surface area contributed by atoms with Crippen molar-refractivity contribution in [1.29, 1.82) is 0 Å². The van der Waals surface area contributed by atoms with Crippen LogP contribution < -0.4 is 10.1 Å². The fourth-order valence-corrected chi connectivity index (χ4v) is 1.75. The number of hydrogen-bond acceptors (Lipinski definition) is 3. The van der Waals surface area contributed by atoms with Crippen LogP contribution in [0.2, 0.25) is 5.02 Å². The number of benzene rings is 1. The summed E-state index contributed by atoms with van der Waals surface area (Å²) < 4.78 is 5.68. The fraction of sp³-hybridized carbons (Fsp3) is 0.571. The summed E-state index contributed by atoms with van der Waals surface area (Å²) in [6, 6.07) is 6.15. The van der Waals surface area contributed by atoms with E-state index in [9.17, 15) is 5.11 Å². The smallest absolute Gasteiger partial charge is 0.142 e. The molecule has 0 saturated carbocycles. The largest absolute Gasteiger partial charge is 0.492 e. The molecule has 0 radical (unpaired) electrons. The Bertz CT molecular complexity index is 367. The predicted molar refractivity (Wildman–Crippen MR) is 75.2 cm³/mol. The molecule has 0 aliphatic heterocycles. The van der Waals surface area contributed by atoms with E-state index in [4.69, 9.17) is 16.3 Å². The van der Waals surface area contributed by atoms with Crippen LogP contribution in [0.1, 0.15) is 32.8 Å². The van der Waals surface area contributed by atoms with Gasteiger partial charge in [0.15, 0.2) is 0 Å². The number of nitrogens with one attached hydrogen (secondary N) is 1. The molecule has 0 spiro atoms. The van der Waals surface area contributed by atoms with E-state index in [1.807, 2.05) is 18.2 Å². The average Bonchev–Trinajstić information content (AvgIpc) is 2.28. The molecular weight excluding hydrogens is 250 g/mol. The van der Waals surface area contributed by atoms with Crippen molar-refractivity contribution in [1.82, 2.24) is 5.32 Å². The highest BCUT2D eigenvalue weighted by Gasteiger charge is 2.09. The van der Waals surface area contributed by atoms with Gasteiger partial charge < -0.3 is 15.2 Å². The van der Waals surface area contributed by atoms with E-state index in [-0.39, 0.29) is 6.10 Å². The molecule has 0 fully saturated rings. The highest BCUT2D eigenvalue weighted by Crippen LogP contribution is 2.28. The number of halogens is 1. The van der Waals surface area contributed by atoms with Crippen LogP contribution in [0.3, 0.4) is 0 Å². The van der Waals surface area contributed by atoms with Gasteiger partial charge in [0.1, 0.15) is 5.75 Å². The van der Waals surface area contributed by atoms with Gasteiger partial charge in [-0.05, 0) is 13.0 Å². The summed E-state index contributed by atoms with van der Waals surface area (Å²) in [5.41, 5.74) is 1.04. The van der Waals surface area contributed by atoms with Gasteiger partial charge >= 0.3 is 0 Å². The van der Waals surface area contributed by atoms with Crippen LogP contribution in [-0.4, -0.2) is 23.9 Å². The Hall–Kier alpha value is -0.770. The molecule has 102 valence electrons. The van der Waals surface area contributed by atoms with E-state index in [0.717, 1.165) is 12.1 Å². The molecule has 0 saturated heterocycles. The van der Waals surface area contributed by atoms with Gasteiger partial charge in [0.2, 0.25) is 0 Å². The van der Waals surface area contributed by atoms with Gasteiger partial charge in [0.25, 0.3) is 0 Å². The molecule has 1 rings (SSSR count). The second-order valence-electron chi connectivity index (χ2n) is 4.75. The molecule has 0 aliphatic carbocycles. The minimum Gasteiger partial charge on any atom is -0.492 e. The molecule has 1 aromatic carbocycles. The third kappa shape index (κ3) is 5.25. The van der Waals surface area contributed by atoms with Gasteiger partial charge in [-0.2, -0.15) is 0 Å². The topological polar surface area (TPSA) is 41.5 Å². The SMILES string of the molecule is CC(O)CCOc1c(Cl)cccc1CNC(C)C. The lowest BCUT2D eigenvalue weighted by Crippen LogP contribution is -2.22. The Morgan fingerprint density at radius 1 is 1.33 bits per heavy atom. The van der Waals surface area contributed by atoms with Gasteiger partial charge in [-0.1, -0.05) is 37.6 Å². The maximum atomic E-state index is 9.22. The summed E-state index contributed by atoms with van der Waals surface area (Å²) in [5.74, 6) is 0.716. The molecule has 3 nitrogen and oxygen atoms in total. The van der Waals surface area contributed by atoms with E-state index in [1.165, 1.54) is 0 Å². The number of aliphatic hydroxyl groups excluding tert-OH is 1. The molecule has 0 bridgehead atoms. The first-order valence-electron chi connectivity index (χ1n) is 6.32. The third-order valence-corrected chi connectivity index (χ3v) is 2.83. The lowest BCUT2D eigenvalue weighted by atomic mass is 10.2. The van der Waals surface area contributed by atoms with Gasteiger partial charge in [-0.25, -0.2) is 0 Å². The van der Waals surface area contributed by atoms with Crippen LogP contribution in [0.5, 0.6) is 5.75 Å². The number of aliphatic hydroxyl groups is 1. The Morgan fingerprint density at radius 3 is 2.67 bits per heavy atom. The average molecular weight is 272 g/mol. The lowest BCUT2D eigenvalue weighted by Gasteiger charge is -2.15. The van der Waals surface area contributed by atoms with E-state index < -0.39 is 0 Å². The molecule has 1 unspecified atom stereocenters. The first-order chi connectivity index (χ1) is 8.50. The van der Waals surface area contributed by atoms with Crippen molar-refractivity contribution in [3.05, 3.63) is 28.8 Å². The number of ether oxygens (including phenoxy) is 1. The maximum absolute atomic E-state index is 9.22. The van der Waals surface area contributed by atoms with Gasteiger partial charge in [0.05, 0.1) is 17.7 Å². The van der Waals surface area contributed by atoms with E-state index in [0.29, 0.717) is 29.8 Å². The number of para-hydroxylation sites is 1. The predicted octanol–water partition coefficient (Wildman–Crippen LogP) is 2.99. The molecule has 0 heterocycles. The minimum atomic E-state index is -0.357. The second kappa shape index (κ2) is 7.62. The van der Waals surface area contributed by atoms with Crippen LogP contribution in [-0.2, 0) is 6.54 Å². The molecule has 4 heteroatoms. The highest BCUT2D eigenvalue weighted by atomic mass is 35.5. The molecule has 2 N–H and O–H groups in total. The van der Waals surface area contributed by atoms with E-state index >= 15 is 0 Å². The zero-order valence-electron chi connectivity index (χ0n) is 11.2. The Labute approximate surface area is 114 Å². The van der Waals surface area contributed by atoms with Crippen LogP contribution in [0.15, 0.2) is 18.2 Å². The summed E-state index contributed by atoms with van der Waals surface area (Å²) in [6.07, 6.45) is 0.243.